The van der Waals surface area contributed by atoms with Crippen LogP contribution in [0, 0.1) is 5.82 Å². The first kappa shape index (κ1) is 28.0. The van der Waals surface area contributed by atoms with Crippen molar-refractivity contribution in [1.29, 1.82) is 0 Å². The summed E-state index contributed by atoms with van der Waals surface area (Å²) in [6, 6.07) is 3.38. The molecule has 1 N–H and O–H groups in total. The smallest absolute Gasteiger partial charge is 0.433 e. The Morgan fingerprint density at radius 1 is 1.21 bits per heavy atom. The molecule has 2 aromatic heterocycles. The molecule has 1 amide bonds. The van der Waals surface area contributed by atoms with Crippen LogP contribution in [-0.4, -0.2) is 51.5 Å². The third kappa shape index (κ3) is 6.53. The molecule has 1 saturated heterocycles. The fourth-order valence-corrected chi connectivity index (χ4v) is 5.25. The average Bonchev–Trinajstić information content (AvgIpc) is 3.35. The summed E-state index contributed by atoms with van der Waals surface area (Å²) in [5, 5.41) is 2.48. The Morgan fingerprint density at radius 3 is 2.61 bits per heavy atom. The number of hydrogen-bond acceptors (Lipinski definition) is 7. The third-order valence-corrected chi connectivity index (χ3v) is 7.15. The number of hydrogen-bond donors (Lipinski definition) is 1. The fourth-order valence-electron chi connectivity index (χ4n) is 4.07. The molecule has 7 nitrogen and oxygen atoms in total. The van der Waals surface area contributed by atoms with Crippen molar-refractivity contribution < 1.29 is 35.9 Å². The van der Waals surface area contributed by atoms with Gasteiger partial charge in [-0.05, 0) is 31.0 Å². The Balaban J connectivity index is 1.47. The fraction of sp³-hybridized carbons (Fsp3) is 0.391. The van der Waals surface area contributed by atoms with Crippen molar-refractivity contribution in [3.8, 4) is 6.01 Å². The van der Waals surface area contributed by atoms with Crippen LogP contribution in [0.25, 0.3) is 0 Å². The zero-order chi connectivity index (χ0) is 27.4. The zero-order valence-corrected chi connectivity index (χ0v) is 21.0. The van der Waals surface area contributed by atoms with E-state index in [0.29, 0.717) is 25.9 Å². The second kappa shape index (κ2) is 11.8. The standard InChI is InChI=1S/C23H20ClF6N5O2S/c24-13-2-1-3-14(25)17(13)21(36)32-10-15(19-18(20(26)27)33-11-38-19)35-8-5-12(6-9-35)37-22-31-7-4-16(34-22)23(28,29)30/h1-4,7,11-12,15,20H,5-6,8-10H2,(H,32,36). The van der Waals surface area contributed by atoms with Crippen LogP contribution in [0.1, 0.15) is 51.9 Å². The highest BCUT2D eigenvalue weighted by molar-refractivity contribution is 7.09. The number of carbonyl (C=O) groups excluding carboxylic acids is 1. The van der Waals surface area contributed by atoms with E-state index in [2.05, 4.69) is 20.3 Å². The number of ether oxygens (including phenoxy) is 1. The van der Waals surface area contributed by atoms with Gasteiger partial charge >= 0.3 is 12.2 Å². The molecule has 1 fully saturated rings. The quantitative estimate of drug-likeness (QED) is 0.345. The number of amides is 1. The number of halogens is 7. The summed E-state index contributed by atoms with van der Waals surface area (Å²) in [5.74, 6) is -1.63. The van der Waals surface area contributed by atoms with Gasteiger partial charge in [-0.15, -0.1) is 11.3 Å². The maximum Gasteiger partial charge on any atom is 0.433 e. The van der Waals surface area contributed by atoms with Crippen LogP contribution in [0.4, 0.5) is 26.3 Å². The Kier molecular flexibility index (Phi) is 8.73. The van der Waals surface area contributed by atoms with Crippen molar-refractivity contribution in [2.45, 2.75) is 37.6 Å². The number of alkyl halides is 5. The largest absolute Gasteiger partial charge is 0.460 e. The summed E-state index contributed by atoms with van der Waals surface area (Å²) >= 11 is 6.97. The Bertz CT molecular complexity index is 1250. The molecule has 0 radical (unpaired) electrons. The van der Waals surface area contributed by atoms with Crippen LogP contribution in [-0.2, 0) is 6.18 Å². The van der Waals surface area contributed by atoms with Crippen LogP contribution in [0.3, 0.4) is 0 Å². The highest BCUT2D eigenvalue weighted by Gasteiger charge is 2.35. The Morgan fingerprint density at radius 2 is 1.95 bits per heavy atom. The summed E-state index contributed by atoms with van der Waals surface area (Å²) in [5.41, 5.74) is -0.635. The van der Waals surface area contributed by atoms with E-state index in [0.717, 1.165) is 29.7 Å². The van der Waals surface area contributed by atoms with Gasteiger partial charge in [0, 0.05) is 25.8 Å². The van der Waals surface area contributed by atoms with Crippen molar-refractivity contribution in [3.05, 3.63) is 68.6 Å². The second-order valence-electron chi connectivity index (χ2n) is 8.30. The summed E-state index contributed by atoms with van der Waals surface area (Å²) < 4.78 is 85.8. The third-order valence-electron chi connectivity index (χ3n) is 5.89. The predicted molar refractivity (Wildman–Crippen MR) is 126 cm³/mol. The van der Waals surface area contributed by atoms with Gasteiger partial charge in [0.15, 0.2) is 5.69 Å². The van der Waals surface area contributed by atoms with E-state index in [9.17, 15) is 31.1 Å². The number of carbonyl (C=O) groups is 1. The number of nitrogens with zero attached hydrogens (tertiary/aromatic N) is 4. The van der Waals surface area contributed by atoms with Crippen LogP contribution in [0.2, 0.25) is 5.02 Å². The molecule has 204 valence electrons. The van der Waals surface area contributed by atoms with Crippen LogP contribution < -0.4 is 10.1 Å². The number of piperidine rings is 1. The topological polar surface area (TPSA) is 80.2 Å². The van der Waals surface area contributed by atoms with Crippen molar-refractivity contribution in [1.82, 2.24) is 25.2 Å². The van der Waals surface area contributed by atoms with Gasteiger partial charge in [0.25, 0.3) is 12.3 Å². The highest BCUT2D eigenvalue weighted by atomic mass is 35.5. The van der Waals surface area contributed by atoms with Gasteiger partial charge in [-0.3, -0.25) is 9.69 Å². The van der Waals surface area contributed by atoms with Gasteiger partial charge in [-0.25, -0.2) is 23.1 Å². The van der Waals surface area contributed by atoms with E-state index in [1.54, 1.807) is 0 Å². The number of aromatic nitrogens is 3. The Labute approximate surface area is 221 Å². The highest BCUT2D eigenvalue weighted by Crippen LogP contribution is 2.35. The molecule has 3 aromatic rings. The van der Waals surface area contributed by atoms with Crippen LogP contribution >= 0.6 is 22.9 Å². The maximum absolute atomic E-state index is 14.2. The van der Waals surface area contributed by atoms with Crippen molar-refractivity contribution in [2.24, 2.45) is 0 Å². The molecule has 15 heteroatoms. The normalized spacial score (nSPS) is 16.0. The lowest BCUT2D eigenvalue weighted by atomic mass is 10.0. The lowest BCUT2D eigenvalue weighted by Crippen LogP contribution is -2.44. The molecule has 0 bridgehead atoms. The number of thiazole rings is 1. The predicted octanol–water partition coefficient (Wildman–Crippen LogP) is 5.70. The number of benzene rings is 1. The average molecular weight is 580 g/mol. The van der Waals surface area contributed by atoms with E-state index in [4.69, 9.17) is 16.3 Å². The lowest BCUT2D eigenvalue weighted by molar-refractivity contribution is -0.141. The molecule has 38 heavy (non-hydrogen) atoms. The minimum atomic E-state index is -4.65. The van der Waals surface area contributed by atoms with Gasteiger partial charge in [-0.2, -0.15) is 18.2 Å². The van der Waals surface area contributed by atoms with Gasteiger partial charge < -0.3 is 10.1 Å². The van der Waals surface area contributed by atoms with Crippen molar-refractivity contribution in [3.63, 3.8) is 0 Å². The molecule has 1 atom stereocenters. The van der Waals surface area contributed by atoms with E-state index in [1.807, 2.05) is 4.90 Å². The van der Waals surface area contributed by atoms with Gasteiger partial charge in [0.05, 0.1) is 27.0 Å². The molecular weight excluding hydrogens is 560 g/mol. The monoisotopic (exact) mass is 579 g/mol. The lowest BCUT2D eigenvalue weighted by Gasteiger charge is -2.37. The minimum Gasteiger partial charge on any atom is -0.460 e. The van der Waals surface area contributed by atoms with E-state index >= 15 is 0 Å². The van der Waals surface area contributed by atoms with Gasteiger partial charge in [0.1, 0.15) is 17.6 Å². The second-order valence-corrected chi connectivity index (χ2v) is 9.59. The molecule has 1 unspecified atom stereocenters. The first-order valence-corrected chi connectivity index (χ1v) is 12.5. The first-order chi connectivity index (χ1) is 18.0. The summed E-state index contributed by atoms with van der Waals surface area (Å²) in [4.78, 5) is 25.7. The molecule has 4 rings (SSSR count). The number of likely N-dealkylation sites (tertiary alicyclic amines) is 1. The van der Waals surface area contributed by atoms with Gasteiger partial charge in [-0.1, -0.05) is 17.7 Å². The molecule has 0 aliphatic carbocycles. The van der Waals surface area contributed by atoms with Gasteiger partial charge in [0.2, 0.25) is 0 Å². The maximum atomic E-state index is 14.2. The molecule has 0 spiro atoms. The van der Waals surface area contributed by atoms with E-state index in [1.165, 1.54) is 17.6 Å². The first-order valence-electron chi connectivity index (χ1n) is 11.3. The minimum absolute atomic E-state index is 0.0973. The SMILES string of the molecule is O=C(NCC(c1scnc1C(F)F)N1CCC(Oc2nccc(C(F)(F)F)n2)CC1)c1c(F)cccc1Cl. The van der Waals surface area contributed by atoms with Crippen LogP contribution in [0.15, 0.2) is 36.0 Å². The summed E-state index contributed by atoms with van der Waals surface area (Å²) in [6.07, 6.45) is -6.41. The number of nitrogens with one attached hydrogen (secondary N) is 1. The van der Waals surface area contributed by atoms with Crippen molar-refractivity contribution in [2.75, 3.05) is 19.6 Å². The molecule has 1 aliphatic heterocycles. The molecule has 3 heterocycles. The number of rotatable bonds is 8. The zero-order valence-electron chi connectivity index (χ0n) is 19.4. The van der Waals surface area contributed by atoms with Crippen molar-refractivity contribution >= 4 is 28.8 Å². The van der Waals surface area contributed by atoms with E-state index in [-0.39, 0.29) is 22.0 Å². The summed E-state index contributed by atoms with van der Waals surface area (Å²) in [6.45, 7) is 0.448. The molecule has 0 saturated carbocycles. The molecule has 1 aromatic carbocycles. The Hall–Kier alpha value is -2.97. The van der Waals surface area contributed by atoms with E-state index < -0.39 is 53.9 Å². The molecular formula is C23H20ClF6N5O2S. The van der Waals surface area contributed by atoms with Crippen LogP contribution in [0.5, 0.6) is 6.01 Å². The molecule has 1 aliphatic rings. The summed E-state index contributed by atoms with van der Waals surface area (Å²) in [7, 11) is 0.